The minimum atomic E-state index is -4.51. The van der Waals surface area contributed by atoms with Crippen molar-refractivity contribution in [2.75, 3.05) is 6.61 Å². The molecular weight excluding hydrogens is 213 g/mol. The van der Waals surface area contributed by atoms with Gasteiger partial charge in [-0.1, -0.05) is 13.8 Å². The Labute approximate surface area is 86.2 Å². The Bertz CT molecular complexity index is 225. The Morgan fingerprint density at radius 3 is 2.13 bits per heavy atom. The van der Waals surface area contributed by atoms with Crippen molar-refractivity contribution in [3.05, 3.63) is 0 Å². The second kappa shape index (κ2) is 4.83. The molecule has 0 aromatic carbocycles. The van der Waals surface area contributed by atoms with Crippen LogP contribution in [0.25, 0.3) is 0 Å². The van der Waals surface area contributed by atoms with Crippen LogP contribution in [0.4, 0.5) is 13.2 Å². The zero-order valence-electron chi connectivity index (χ0n) is 8.89. The Kier molecular flexibility index (Phi) is 4.58. The van der Waals surface area contributed by atoms with Crippen LogP contribution in [-0.4, -0.2) is 29.5 Å². The second-order valence-electron chi connectivity index (χ2n) is 4.04. The standard InChI is InChI=1S/C9H15F3O3/c1-6(2)4-8(3,7(13)14)15-5-9(10,11)12/h6H,4-5H2,1-3H3,(H,13,14). The van der Waals surface area contributed by atoms with Crippen molar-refractivity contribution in [1.29, 1.82) is 0 Å². The molecule has 0 aromatic rings. The van der Waals surface area contributed by atoms with E-state index in [1.54, 1.807) is 13.8 Å². The van der Waals surface area contributed by atoms with Crippen LogP contribution in [0.2, 0.25) is 0 Å². The number of halogens is 3. The van der Waals surface area contributed by atoms with E-state index in [9.17, 15) is 18.0 Å². The quantitative estimate of drug-likeness (QED) is 0.786. The molecule has 15 heavy (non-hydrogen) atoms. The first-order valence-corrected chi connectivity index (χ1v) is 4.51. The molecule has 0 heterocycles. The lowest BCUT2D eigenvalue weighted by Crippen LogP contribution is -2.42. The van der Waals surface area contributed by atoms with Gasteiger partial charge in [0.1, 0.15) is 6.61 Å². The van der Waals surface area contributed by atoms with Gasteiger partial charge in [-0.2, -0.15) is 13.2 Å². The molecule has 0 bridgehead atoms. The minimum Gasteiger partial charge on any atom is -0.479 e. The molecule has 0 saturated carbocycles. The van der Waals surface area contributed by atoms with E-state index in [1.807, 2.05) is 0 Å². The third-order valence-corrected chi connectivity index (χ3v) is 1.80. The lowest BCUT2D eigenvalue weighted by atomic mass is 9.94. The van der Waals surface area contributed by atoms with Gasteiger partial charge in [0, 0.05) is 0 Å². The summed E-state index contributed by atoms with van der Waals surface area (Å²) in [6, 6.07) is 0. The van der Waals surface area contributed by atoms with Crippen LogP contribution in [-0.2, 0) is 9.53 Å². The van der Waals surface area contributed by atoms with Crippen molar-refractivity contribution in [3.8, 4) is 0 Å². The van der Waals surface area contributed by atoms with Crippen molar-refractivity contribution in [2.24, 2.45) is 5.92 Å². The number of carbonyl (C=O) groups is 1. The van der Waals surface area contributed by atoms with E-state index in [4.69, 9.17) is 5.11 Å². The number of aliphatic carboxylic acids is 1. The van der Waals surface area contributed by atoms with Crippen LogP contribution in [0.1, 0.15) is 27.2 Å². The molecule has 0 amide bonds. The fourth-order valence-corrected chi connectivity index (χ4v) is 1.23. The van der Waals surface area contributed by atoms with Crippen LogP contribution in [0.3, 0.4) is 0 Å². The average Bonchev–Trinajstić information content (AvgIpc) is 1.98. The van der Waals surface area contributed by atoms with Crippen LogP contribution in [0.15, 0.2) is 0 Å². The highest BCUT2D eigenvalue weighted by atomic mass is 19.4. The van der Waals surface area contributed by atoms with Crippen LogP contribution >= 0.6 is 0 Å². The third-order valence-electron chi connectivity index (χ3n) is 1.80. The van der Waals surface area contributed by atoms with Crippen molar-refractivity contribution >= 4 is 5.97 Å². The summed E-state index contributed by atoms with van der Waals surface area (Å²) >= 11 is 0. The van der Waals surface area contributed by atoms with Crippen molar-refractivity contribution in [3.63, 3.8) is 0 Å². The third kappa shape index (κ3) is 5.61. The number of ether oxygens (including phenoxy) is 1. The van der Waals surface area contributed by atoms with Crippen LogP contribution < -0.4 is 0 Å². The van der Waals surface area contributed by atoms with Gasteiger partial charge in [0.2, 0.25) is 0 Å². The normalized spacial score (nSPS) is 16.5. The maximum atomic E-state index is 11.9. The highest BCUT2D eigenvalue weighted by molar-refractivity contribution is 5.76. The fourth-order valence-electron chi connectivity index (χ4n) is 1.23. The van der Waals surface area contributed by atoms with E-state index in [2.05, 4.69) is 4.74 Å². The highest BCUT2D eigenvalue weighted by Gasteiger charge is 2.39. The van der Waals surface area contributed by atoms with E-state index in [0.717, 1.165) is 6.92 Å². The predicted octanol–water partition coefficient (Wildman–Crippen LogP) is 2.45. The summed E-state index contributed by atoms with van der Waals surface area (Å²) in [6.07, 6.45) is -4.47. The highest BCUT2D eigenvalue weighted by Crippen LogP contribution is 2.25. The Morgan fingerprint density at radius 1 is 1.40 bits per heavy atom. The molecule has 6 heteroatoms. The van der Waals surface area contributed by atoms with Gasteiger partial charge < -0.3 is 9.84 Å². The molecule has 1 unspecified atom stereocenters. The number of carboxylic acid groups (broad SMARTS) is 1. The van der Waals surface area contributed by atoms with Crippen molar-refractivity contribution < 1.29 is 27.8 Å². The molecule has 0 radical (unpaired) electrons. The molecule has 0 saturated heterocycles. The van der Waals surface area contributed by atoms with E-state index >= 15 is 0 Å². The lowest BCUT2D eigenvalue weighted by molar-refractivity contribution is -0.212. The molecule has 0 aliphatic carbocycles. The van der Waals surface area contributed by atoms with Gasteiger partial charge in [0.15, 0.2) is 5.60 Å². The van der Waals surface area contributed by atoms with Gasteiger partial charge in [0.05, 0.1) is 0 Å². The van der Waals surface area contributed by atoms with E-state index < -0.39 is 24.4 Å². The monoisotopic (exact) mass is 228 g/mol. The molecule has 1 N–H and O–H groups in total. The van der Waals surface area contributed by atoms with Crippen molar-refractivity contribution in [1.82, 2.24) is 0 Å². The summed E-state index contributed by atoms with van der Waals surface area (Å²) in [5, 5.41) is 8.79. The van der Waals surface area contributed by atoms with Gasteiger partial charge in [0.25, 0.3) is 0 Å². The van der Waals surface area contributed by atoms with Crippen LogP contribution in [0, 0.1) is 5.92 Å². The number of rotatable bonds is 5. The Balaban J connectivity index is 4.46. The topological polar surface area (TPSA) is 46.5 Å². The maximum absolute atomic E-state index is 11.9. The molecule has 0 fully saturated rings. The summed E-state index contributed by atoms with van der Waals surface area (Å²) in [4.78, 5) is 10.8. The van der Waals surface area contributed by atoms with Gasteiger partial charge in [-0.15, -0.1) is 0 Å². The largest absolute Gasteiger partial charge is 0.479 e. The SMILES string of the molecule is CC(C)CC(C)(OCC(F)(F)F)C(=O)O. The molecule has 0 aromatic heterocycles. The fraction of sp³-hybridized carbons (Fsp3) is 0.889. The molecular formula is C9H15F3O3. The summed E-state index contributed by atoms with van der Waals surface area (Å²) < 4.78 is 40.0. The van der Waals surface area contributed by atoms with Gasteiger partial charge >= 0.3 is 12.1 Å². The molecule has 0 spiro atoms. The maximum Gasteiger partial charge on any atom is 0.411 e. The number of carboxylic acids is 1. The molecule has 0 aliphatic heterocycles. The van der Waals surface area contributed by atoms with Gasteiger partial charge in [-0.25, -0.2) is 4.79 Å². The summed E-state index contributed by atoms with van der Waals surface area (Å²) in [5.74, 6) is -1.43. The van der Waals surface area contributed by atoms with Crippen LogP contribution in [0.5, 0.6) is 0 Å². The first-order valence-electron chi connectivity index (χ1n) is 4.51. The zero-order valence-corrected chi connectivity index (χ0v) is 8.89. The molecule has 3 nitrogen and oxygen atoms in total. The molecule has 90 valence electrons. The number of alkyl halides is 3. The predicted molar refractivity (Wildman–Crippen MR) is 47.5 cm³/mol. The Morgan fingerprint density at radius 2 is 1.87 bits per heavy atom. The van der Waals surface area contributed by atoms with Gasteiger partial charge in [-0.05, 0) is 19.3 Å². The first-order chi connectivity index (χ1) is 6.57. The molecule has 1 atom stereocenters. The minimum absolute atomic E-state index is 0.0401. The lowest BCUT2D eigenvalue weighted by Gasteiger charge is -2.27. The summed E-state index contributed by atoms with van der Waals surface area (Å²) in [5.41, 5.74) is -1.77. The summed E-state index contributed by atoms with van der Waals surface area (Å²) in [6.45, 7) is 3.06. The zero-order chi connectivity index (χ0) is 12.3. The average molecular weight is 228 g/mol. The van der Waals surface area contributed by atoms with E-state index in [-0.39, 0.29) is 12.3 Å². The van der Waals surface area contributed by atoms with Crippen molar-refractivity contribution in [2.45, 2.75) is 39.0 Å². The number of hydrogen-bond donors (Lipinski definition) is 1. The van der Waals surface area contributed by atoms with E-state index in [0.29, 0.717) is 0 Å². The number of hydrogen-bond acceptors (Lipinski definition) is 2. The van der Waals surface area contributed by atoms with E-state index in [1.165, 1.54) is 0 Å². The first kappa shape index (κ1) is 14.2. The Hall–Kier alpha value is -0.780. The smallest absolute Gasteiger partial charge is 0.411 e. The summed E-state index contributed by atoms with van der Waals surface area (Å²) in [7, 11) is 0. The van der Waals surface area contributed by atoms with Gasteiger partial charge in [-0.3, -0.25) is 0 Å². The second-order valence-corrected chi connectivity index (χ2v) is 4.04. The molecule has 0 rings (SSSR count). The molecule has 0 aliphatic rings.